The van der Waals surface area contributed by atoms with E-state index in [1.165, 1.54) is 24.4 Å². The molecule has 124 valence electrons. The topological polar surface area (TPSA) is 104 Å². The van der Waals surface area contributed by atoms with Gasteiger partial charge in [0.1, 0.15) is 5.75 Å². The fourth-order valence-electron chi connectivity index (χ4n) is 1.81. The summed E-state index contributed by atoms with van der Waals surface area (Å²) >= 11 is 5.78. The molecule has 0 spiro atoms. The van der Waals surface area contributed by atoms with E-state index in [2.05, 4.69) is 20.8 Å². The third-order valence-corrected chi connectivity index (χ3v) is 3.15. The fourth-order valence-corrected chi connectivity index (χ4v) is 1.98. The van der Waals surface area contributed by atoms with Crippen LogP contribution in [-0.2, 0) is 4.79 Å². The van der Waals surface area contributed by atoms with E-state index in [9.17, 15) is 14.7 Å². The Morgan fingerprint density at radius 3 is 2.83 bits per heavy atom. The Balaban J connectivity index is 1.92. The molecule has 0 aliphatic heterocycles. The smallest absolute Gasteiger partial charge is 0.275 e. The molecule has 0 saturated carbocycles. The van der Waals surface area contributed by atoms with Crippen molar-refractivity contribution >= 4 is 34.8 Å². The van der Waals surface area contributed by atoms with Crippen LogP contribution in [0.1, 0.15) is 23.7 Å². The summed E-state index contributed by atoms with van der Waals surface area (Å²) in [6.45, 7) is 1.60. The fraction of sp³-hybridized carbons (Fsp3) is 0.125. The molecule has 1 heterocycles. The molecule has 0 radical (unpaired) electrons. The van der Waals surface area contributed by atoms with E-state index in [-0.39, 0.29) is 23.6 Å². The van der Waals surface area contributed by atoms with Gasteiger partial charge in [0.2, 0.25) is 5.91 Å². The Bertz CT molecular complexity index is 778. The summed E-state index contributed by atoms with van der Waals surface area (Å²) in [5.74, 6) is -1.12. The quantitative estimate of drug-likeness (QED) is 0.571. The number of aromatic nitrogens is 1. The van der Waals surface area contributed by atoms with E-state index in [0.29, 0.717) is 16.4 Å². The SMILES string of the molecule is C/C(CC(=O)Nc1cccnc1)=N\NC(=O)c1cc(Cl)ccc1O. The van der Waals surface area contributed by atoms with Crippen LogP contribution in [0.4, 0.5) is 5.69 Å². The third kappa shape index (κ3) is 5.06. The summed E-state index contributed by atoms with van der Waals surface area (Å²) in [5, 5.41) is 16.5. The van der Waals surface area contributed by atoms with E-state index >= 15 is 0 Å². The first kappa shape index (κ1) is 17.4. The van der Waals surface area contributed by atoms with Crippen molar-refractivity contribution in [3.05, 3.63) is 53.3 Å². The number of carbonyl (C=O) groups excluding carboxylic acids is 2. The lowest BCUT2D eigenvalue weighted by atomic mass is 10.2. The molecule has 2 amide bonds. The van der Waals surface area contributed by atoms with Crippen molar-refractivity contribution in [2.45, 2.75) is 13.3 Å². The maximum absolute atomic E-state index is 12.0. The first-order valence-corrected chi connectivity index (χ1v) is 7.35. The molecule has 2 rings (SSSR count). The van der Waals surface area contributed by atoms with Gasteiger partial charge in [0.05, 0.1) is 23.9 Å². The van der Waals surface area contributed by atoms with Gasteiger partial charge in [-0.15, -0.1) is 0 Å². The van der Waals surface area contributed by atoms with Crippen molar-refractivity contribution in [3.8, 4) is 5.75 Å². The van der Waals surface area contributed by atoms with Gasteiger partial charge in [0.25, 0.3) is 5.91 Å². The van der Waals surface area contributed by atoms with Crippen LogP contribution in [-0.4, -0.2) is 27.6 Å². The van der Waals surface area contributed by atoms with Crippen LogP contribution in [0.25, 0.3) is 0 Å². The molecule has 2 aromatic rings. The number of hydrazone groups is 1. The van der Waals surface area contributed by atoms with E-state index in [1.54, 1.807) is 25.3 Å². The van der Waals surface area contributed by atoms with Crippen LogP contribution in [0.3, 0.4) is 0 Å². The largest absolute Gasteiger partial charge is 0.507 e. The van der Waals surface area contributed by atoms with Crippen LogP contribution < -0.4 is 10.7 Å². The molecule has 0 saturated heterocycles. The Hall–Kier alpha value is -2.93. The second-order valence-electron chi connectivity index (χ2n) is 4.92. The van der Waals surface area contributed by atoms with Crippen molar-refractivity contribution in [2.75, 3.05) is 5.32 Å². The number of pyridine rings is 1. The Morgan fingerprint density at radius 1 is 1.33 bits per heavy atom. The summed E-state index contributed by atoms with van der Waals surface area (Å²) in [6, 6.07) is 7.52. The number of anilines is 1. The Kier molecular flexibility index (Phi) is 5.86. The number of hydrogen-bond donors (Lipinski definition) is 3. The van der Waals surface area contributed by atoms with Gasteiger partial charge in [-0.05, 0) is 37.3 Å². The summed E-state index contributed by atoms with van der Waals surface area (Å²) in [7, 11) is 0. The van der Waals surface area contributed by atoms with Gasteiger partial charge < -0.3 is 10.4 Å². The highest BCUT2D eigenvalue weighted by molar-refractivity contribution is 6.31. The van der Waals surface area contributed by atoms with Crippen molar-refractivity contribution in [1.82, 2.24) is 10.4 Å². The monoisotopic (exact) mass is 346 g/mol. The molecule has 0 bridgehead atoms. The van der Waals surface area contributed by atoms with Crippen molar-refractivity contribution in [1.29, 1.82) is 0 Å². The highest BCUT2D eigenvalue weighted by Crippen LogP contribution is 2.21. The van der Waals surface area contributed by atoms with Gasteiger partial charge in [-0.2, -0.15) is 5.10 Å². The Labute approximate surface area is 143 Å². The number of nitrogens with zero attached hydrogens (tertiary/aromatic N) is 2. The number of carbonyl (C=O) groups is 2. The van der Waals surface area contributed by atoms with E-state index in [1.807, 2.05) is 0 Å². The molecule has 0 atom stereocenters. The minimum atomic E-state index is -0.623. The number of hydrogen-bond acceptors (Lipinski definition) is 5. The highest BCUT2D eigenvalue weighted by atomic mass is 35.5. The van der Waals surface area contributed by atoms with Crippen LogP contribution in [0, 0.1) is 0 Å². The number of benzene rings is 1. The first-order valence-electron chi connectivity index (χ1n) is 6.97. The summed E-state index contributed by atoms with van der Waals surface area (Å²) in [5.41, 5.74) is 3.24. The summed E-state index contributed by atoms with van der Waals surface area (Å²) in [6.07, 6.45) is 3.12. The molecular weight excluding hydrogens is 332 g/mol. The van der Waals surface area contributed by atoms with Crippen LogP contribution in [0.5, 0.6) is 5.75 Å². The molecule has 0 aliphatic carbocycles. The number of rotatable bonds is 5. The zero-order valence-corrected chi connectivity index (χ0v) is 13.5. The van der Waals surface area contributed by atoms with Crippen molar-refractivity contribution < 1.29 is 14.7 Å². The molecule has 1 aromatic carbocycles. The lowest BCUT2D eigenvalue weighted by Gasteiger charge is -2.06. The zero-order valence-electron chi connectivity index (χ0n) is 12.8. The van der Waals surface area contributed by atoms with E-state index < -0.39 is 5.91 Å². The Morgan fingerprint density at radius 2 is 2.12 bits per heavy atom. The van der Waals surface area contributed by atoms with E-state index in [0.717, 1.165) is 0 Å². The molecule has 24 heavy (non-hydrogen) atoms. The number of amides is 2. The van der Waals surface area contributed by atoms with Gasteiger partial charge in [-0.3, -0.25) is 14.6 Å². The highest BCUT2D eigenvalue weighted by Gasteiger charge is 2.11. The van der Waals surface area contributed by atoms with Gasteiger partial charge in [-0.1, -0.05) is 11.6 Å². The molecule has 0 aliphatic rings. The van der Waals surface area contributed by atoms with Crippen LogP contribution in [0.2, 0.25) is 5.02 Å². The first-order chi connectivity index (χ1) is 11.5. The minimum absolute atomic E-state index is 0.00105. The van der Waals surface area contributed by atoms with Gasteiger partial charge >= 0.3 is 0 Å². The molecule has 8 heteroatoms. The predicted molar refractivity (Wildman–Crippen MR) is 91.2 cm³/mol. The number of phenols is 1. The molecular formula is C16H15ClN4O3. The average Bonchev–Trinajstić information content (AvgIpc) is 2.55. The number of phenolic OH excluding ortho intramolecular Hbond substituents is 1. The van der Waals surface area contributed by atoms with Crippen molar-refractivity contribution in [3.63, 3.8) is 0 Å². The normalized spacial score (nSPS) is 11.0. The summed E-state index contributed by atoms with van der Waals surface area (Å²) < 4.78 is 0. The van der Waals surface area contributed by atoms with Gasteiger partial charge in [-0.25, -0.2) is 5.43 Å². The lowest BCUT2D eigenvalue weighted by molar-refractivity contribution is -0.115. The molecule has 0 fully saturated rings. The molecule has 3 N–H and O–H groups in total. The van der Waals surface area contributed by atoms with Gasteiger partial charge in [0.15, 0.2) is 0 Å². The minimum Gasteiger partial charge on any atom is -0.507 e. The van der Waals surface area contributed by atoms with Crippen LogP contribution >= 0.6 is 11.6 Å². The lowest BCUT2D eigenvalue weighted by Crippen LogP contribution is -2.21. The molecule has 1 aromatic heterocycles. The zero-order chi connectivity index (χ0) is 17.5. The van der Waals surface area contributed by atoms with Crippen LogP contribution in [0.15, 0.2) is 47.8 Å². The maximum atomic E-state index is 12.0. The number of aromatic hydroxyl groups is 1. The summed E-state index contributed by atoms with van der Waals surface area (Å²) in [4.78, 5) is 27.7. The predicted octanol–water partition coefficient (Wildman–Crippen LogP) is 2.58. The third-order valence-electron chi connectivity index (χ3n) is 2.91. The second kappa shape index (κ2) is 8.07. The molecule has 7 nitrogen and oxygen atoms in total. The van der Waals surface area contributed by atoms with Crippen molar-refractivity contribution in [2.24, 2.45) is 5.10 Å². The van der Waals surface area contributed by atoms with E-state index in [4.69, 9.17) is 11.6 Å². The molecule has 0 unspecified atom stereocenters. The van der Waals surface area contributed by atoms with Gasteiger partial charge in [0, 0.05) is 16.9 Å². The standard InChI is InChI=1S/C16H15ClN4O3/c1-10(7-15(23)19-12-3-2-6-18-9-12)20-21-16(24)13-8-11(17)4-5-14(13)22/h2-6,8-9,22H,7H2,1H3,(H,19,23)(H,21,24)/b20-10+. The average molecular weight is 347 g/mol. The maximum Gasteiger partial charge on any atom is 0.275 e. The second-order valence-corrected chi connectivity index (χ2v) is 5.35. The number of halogens is 1. The number of nitrogens with one attached hydrogen (secondary N) is 2.